The van der Waals surface area contributed by atoms with Crippen LogP contribution in [0, 0.1) is 17.2 Å². The van der Waals surface area contributed by atoms with Gasteiger partial charge >= 0.3 is 0 Å². The molecule has 0 aliphatic carbocycles. The fourth-order valence-electron chi connectivity index (χ4n) is 1.54. The predicted octanol–water partition coefficient (Wildman–Crippen LogP) is 2.52. The smallest absolute Gasteiger partial charge is 0.238 e. The molecule has 1 aromatic carbocycles. The number of hydrogen-bond donors (Lipinski definition) is 2. The van der Waals surface area contributed by atoms with Crippen molar-refractivity contribution in [1.29, 1.82) is 5.26 Å². The van der Waals surface area contributed by atoms with Gasteiger partial charge in [-0.15, -0.1) is 0 Å². The number of hydrogen-bond acceptors (Lipinski definition) is 3. The summed E-state index contributed by atoms with van der Waals surface area (Å²) in [6.45, 7) is 3.92. The molecule has 19 heavy (non-hydrogen) atoms. The molecule has 0 spiro atoms. The first-order valence-electron chi connectivity index (χ1n) is 6.08. The minimum Gasteiger partial charge on any atom is -0.324 e. The molecule has 2 N–H and O–H groups in total. The van der Waals surface area contributed by atoms with Crippen LogP contribution in [0.4, 0.5) is 11.4 Å². The van der Waals surface area contributed by atoms with Crippen molar-refractivity contribution in [2.75, 3.05) is 10.6 Å². The average molecular weight is 259 g/mol. The van der Waals surface area contributed by atoms with Gasteiger partial charge in [-0.2, -0.15) is 5.26 Å². The number of amides is 2. The molecule has 1 rings (SSSR count). The molecule has 0 radical (unpaired) electrons. The monoisotopic (exact) mass is 259 g/mol. The highest BCUT2D eigenvalue weighted by molar-refractivity contribution is 5.99. The Bertz CT molecular complexity index is 504. The van der Waals surface area contributed by atoms with E-state index >= 15 is 0 Å². The molecular weight excluding hydrogens is 242 g/mol. The van der Waals surface area contributed by atoms with Gasteiger partial charge in [0.05, 0.1) is 17.4 Å². The third-order valence-electron chi connectivity index (χ3n) is 2.31. The lowest BCUT2D eigenvalue weighted by atomic mass is 10.1. The van der Waals surface area contributed by atoms with Crippen molar-refractivity contribution < 1.29 is 9.59 Å². The highest BCUT2D eigenvalue weighted by Crippen LogP contribution is 2.21. The van der Waals surface area contributed by atoms with Crippen molar-refractivity contribution in [3.05, 3.63) is 24.3 Å². The number of nitrogens with one attached hydrogen (secondary N) is 2. The lowest BCUT2D eigenvalue weighted by molar-refractivity contribution is -0.117. The standard InChI is InChI=1S/C14H17N3O2/c1-10(2)9-14(19)17-12-6-4-3-5-11(12)16-13(18)7-8-15/h3-6,10H,7,9H2,1-2H3,(H,16,18)(H,17,19). The van der Waals surface area contributed by atoms with Crippen LogP contribution in [0.3, 0.4) is 0 Å². The highest BCUT2D eigenvalue weighted by atomic mass is 16.2. The molecule has 0 aliphatic rings. The first-order chi connectivity index (χ1) is 9.02. The summed E-state index contributed by atoms with van der Waals surface area (Å²) in [5.41, 5.74) is 1.04. The molecule has 5 nitrogen and oxygen atoms in total. The maximum absolute atomic E-state index is 11.7. The second-order valence-electron chi connectivity index (χ2n) is 4.57. The van der Waals surface area contributed by atoms with Crippen LogP contribution < -0.4 is 10.6 Å². The normalized spacial score (nSPS) is 9.79. The van der Waals surface area contributed by atoms with Gasteiger partial charge in [-0.1, -0.05) is 26.0 Å². The molecular formula is C14H17N3O2. The van der Waals surface area contributed by atoms with Crippen LogP contribution in [0.25, 0.3) is 0 Å². The summed E-state index contributed by atoms with van der Waals surface area (Å²) in [6.07, 6.45) is 0.203. The summed E-state index contributed by atoms with van der Waals surface area (Å²) < 4.78 is 0. The van der Waals surface area contributed by atoms with Gasteiger partial charge in [-0.05, 0) is 18.1 Å². The summed E-state index contributed by atoms with van der Waals surface area (Å²) in [6, 6.07) is 8.68. The molecule has 0 bridgehead atoms. The fourth-order valence-corrected chi connectivity index (χ4v) is 1.54. The number of nitrogens with zero attached hydrogens (tertiary/aromatic N) is 1. The van der Waals surface area contributed by atoms with Crippen molar-refractivity contribution in [3.63, 3.8) is 0 Å². The van der Waals surface area contributed by atoms with E-state index in [9.17, 15) is 9.59 Å². The second kappa shape index (κ2) is 7.17. The van der Waals surface area contributed by atoms with Gasteiger partial charge in [0.2, 0.25) is 11.8 Å². The van der Waals surface area contributed by atoms with E-state index in [1.165, 1.54) is 0 Å². The zero-order valence-corrected chi connectivity index (χ0v) is 11.1. The molecule has 1 aromatic rings. The van der Waals surface area contributed by atoms with E-state index in [2.05, 4.69) is 10.6 Å². The molecule has 100 valence electrons. The van der Waals surface area contributed by atoms with E-state index in [1.54, 1.807) is 30.3 Å². The zero-order chi connectivity index (χ0) is 14.3. The van der Waals surface area contributed by atoms with Crippen LogP contribution in [-0.4, -0.2) is 11.8 Å². The molecule has 0 fully saturated rings. The summed E-state index contributed by atoms with van der Waals surface area (Å²) >= 11 is 0. The molecule has 5 heteroatoms. The fraction of sp³-hybridized carbons (Fsp3) is 0.357. The number of rotatable bonds is 5. The Morgan fingerprint density at radius 1 is 1.16 bits per heavy atom. The summed E-state index contributed by atoms with van der Waals surface area (Å²) in [5, 5.41) is 13.8. The van der Waals surface area contributed by atoms with E-state index < -0.39 is 5.91 Å². The van der Waals surface area contributed by atoms with E-state index in [0.29, 0.717) is 17.8 Å². The quantitative estimate of drug-likeness (QED) is 0.852. The largest absolute Gasteiger partial charge is 0.324 e. The number of carbonyl (C=O) groups excluding carboxylic acids is 2. The topological polar surface area (TPSA) is 82.0 Å². The summed E-state index contributed by atoms with van der Waals surface area (Å²) in [7, 11) is 0. The van der Waals surface area contributed by atoms with Crippen molar-refractivity contribution in [2.45, 2.75) is 26.7 Å². The Kier molecular flexibility index (Phi) is 5.55. The Balaban J connectivity index is 2.76. The van der Waals surface area contributed by atoms with Crippen LogP contribution in [0.15, 0.2) is 24.3 Å². The van der Waals surface area contributed by atoms with Crippen molar-refractivity contribution in [3.8, 4) is 6.07 Å². The Labute approximate surface area is 112 Å². The molecule has 0 aromatic heterocycles. The minimum absolute atomic E-state index is 0.100. The maximum Gasteiger partial charge on any atom is 0.238 e. The van der Waals surface area contributed by atoms with E-state index in [4.69, 9.17) is 5.26 Å². The van der Waals surface area contributed by atoms with Gasteiger partial charge in [-0.3, -0.25) is 9.59 Å². The van der Waals surface area contributed by atoms with E-state index in [0.717, 1.165) is 0 Å². The molecule has 0 saturated carbocycles. The van der Waals surface area contributed by atoms with Gasteiger partial charge in [0.25, 0.3) is 0 Å². The van der Waals surface area contributed by atoms with Crippen molar-refractivity contribution >= 4 is 23.2 Å². The van der Waals surface area contributed by atoms with Crippen LogP contribution >= 0.6 is 0 Å². The third-order valence-corrected chi connectivity index (χ3v) is 2.31. The lowest BCUT2D eigenvalue weighted by Crippen LogP contribution is -2.17. The number of nitriles is 1. The Hall–Kier alpha value is -2.35. The number of benzene rings is 1. The zero-order valence-electron chi connectivity index (χ0n) is 11.1. The first-order valence-corrected chi connectivity index (χ1v) is 6.08. The Morgan fingerprint density at radius 3 is 2.16 bits per heavy atom. The summed E-state index contributed by atoms with van der Waals surface area (Å²) in [5.74, 6) is -0.231. The maximum atomic E-state index is 11.7. The molecule has 0 unspecified atom stereocenters. The number of carbonyl (C=O) groups is 2. The molecule has 0 atom stereocenters. The Morgan fingerprint density at radius 2 is 1.68 bits per heavy atom. The minimum atomic E-state index is -0.395. The van der Waals surface area contributed by atoms with E-state index in [-0.39, 0.29) is 18.2 Å². The SMILES string of the molecule is CC(C)CC(=O)Nc1ccccc1NC(=O)CC#N. The summed E-state index contributed by atoms with van der Waals surface area (Å²) in [4.78, 5) is 23.1. The molecule has 0 heterocycles. The van der Waals surface area contributed by atoms with Crippen molar-refractivity contribution in [2.24, 2.45) is 5.92 Å². The van der Waals surface area contributed by atoms with Crippen LogP contribution in [0.2, 0.25) is 0 Å². The van der Waals surface area contributed by atoms with Gasteiger partial charge in [0.1, 0.15) is 6.42 Å². The lowest BCUT2D eigenvalue weighted by Gasteiger charge is -2.12. The predicted molar refractivity (Wildman–Crippen MR) is 73.4 cm³/mol. The van der Waals surface area contributed by atoms with Gasteiger partial charge in [0.15, 0.2) is 0 Å². The second-order valence-corrected chi connectivity index (χ2v) is 4.57. The third kappa shape index (κ3) is 5.21. The molecule has 2 amide bonds. The van der Waals surface area contributed by atoms with Crippen LogP contribution in [-0.2, 0) is 9.59 Å². The number of para-hydroxylation sites is 2. The molecule has 0 saturated heterocycles. The highest BCUT2D eigenvalue weighted by Gasteiger charge is 2.10. The van der Waals surface area contributed by atoms with Crippen LogP contribution in [0.1, 0.15) is 26.7 Å². The van der Waals surface area contributed by atoms with Crippen LogP contribution in [0.5, 0.6) is 0 Å². The van der Waals surface area contributed by atoms with Crippen molar-refractivity contribution in [1.82, 2.24) is 0 Å². The van der Waals surface area contributed by atoms with Gasteiger partial charge in [0, 0.05) is 6.42 Å². The number of anilines is 2. The average Bonchev–Trinajstić information content (AvgIpc) is 2.30. The van der Waals surface area contributed by atoms with Gasteiger partial charge in [-0.25, -0.2) is 0 Å². The molecule has 0 aliphatic heterocycles. The van der Waals surface area contributed by atoms with Gasteiger partial charge < -0.3 is 10.6 Å². The first kappa shape index (κ1) is 14.7. The van der Waals surface area contributed by atoms with E-state index in [1.807, 2.05) is 13.8 Å².